The summed E-state index contributed by atoms with van der Waals surface area (Å²) in [5, 5.41) is 18.5. The molecule has 0 aromatic carbocycles. The van der Waals surface area contributed by atoms with Crippen molar-refractivity contribution in [3.8, 4) is 0 Å². The summed E-state index contributed by atoms with van der Waals surface area (Å²) in [4.78, 5) is 12.8. The van der Waals surface area contributed by atoms with Gasteiger partial charge in [-0.25, -0.2) is 0 Å². The Hall–Kier alpha value is -0.610. The molecule has 0 radical (unpaired) electrons. The Morgan fingerprint density at radius 2 is 2.33 bits per heavy atom. The van der Waals surface area contributed by atoms with Crippen molar-refractivity contribution in [1.82, 2.24) is 4.90 Å². The van der Waals surface area contributed by atoms with Crippen LogP contribution in [-0.4, -0.2) is 45.8 Å². The third-order valence-electron chi connectivity index (χ3n) is 3.42. The molecule has 2 fully saturated rings. The smallest absolute Gasteiger partial charge is 0.324 e. The number of hydrogen-bond donors (Lipinski definition) is 2. The number of fused-ring (bicyclic) bond motifs is 2. The van der Waals surface area contributed by atoms with E-state index in [4.69, 9.17) is 5.11 Å². The zero-order valence-corrected chi connectivity index (χ0v) is 7.03. The molecule has 2 bridgehead atoms. The van der Waals surface area contributed by atoms with Gasteiger partial charge in [0.2, 0.25) is 0 Å². The van der Waals surface area contributed by atoms with Crippen LogP contribution in [0.1, 0.15) is 19.3 Å². The van der Waals surface area contributed by atoms with Crippen LogP contribution in [0.25, 0.3) is 0 Å². The fourth-order valence-electron chi connectivity index (χ4n) is 2.60. The first kappa shape index (κ1) is 8.01. The minimum atomic E-state index is -0.788. The summed E-state index contributed by atoms with van der Waals surface area (Å²) in [6.07, 6.45) is 1.44. The van der Waals surface area contributed by atoms with Gasteiger partial charge >= 0.3 is 5.97 Å². The Kier molecular flexibility index (Phi) is 1.47. The summed E-state index contributed by atoms with van der Waals surface area (Å²) < 4.78 is 0. The number of nitrogens with zero attached hydrogens (tertiary/aromatic N) is 1. The summed E-state index contributed by atoms with van der Waals surface area (Å²) in [5.41, 5.74) is -0.760. The molecule has 2 aliphatic heterocycles. The maximum absolute atomic E-state index is 11.0. The molecule has 2 saturated heterocycles. The predicted octanol–water partition coefficient (Wildman–Crippen LogP) is -0.331. The number of carbonyl (C=O) groups is 1. The highest BCUT2D eigenvalue weighted by Crippen LogP contribution is 2.45. The van der Waals surface area contributed by atoms with E-state index < -0.39 is 17.6 Å². The SMILES string of the molecule is CN1[C@H]2CC[C@]1(C(=O)O)C[C@H]2O. The second kappa shape index (κ2) is 2.20. The zero-order valence-electron chi connectivity index (χ0n) is 7.03. The second-order valence-electron chi connectivity index (χ2n) is 3.83. The molecule has 2 rings (SSSR count). The van der Waals surface area contributed by atoms with Crippen molar-refractivity contribution >= 4 is 5.97 Å². The summed E-state index contributed by atoms with van der Waals surface area (Å²) in [6.45, 7) is 0. The maximum atomic E-state index is 11.0. The van der Waals surface area contributed by atoms with Gasteiger partial charge in [-0.1, -0.05) is 0 Å². The molecule has 0 saturated carbocycles. The molecule has 0 amide bonds. The average Bonchev–Trinajstić information content (AvgIpc) is 2.42. The Labute approximate surface area is 70.8 Å². The first-order valence-corrected chi connectivity index (χ1v) is 4.22. The maximum Gasteiger partial charge on any atom is 0.324 e. The number of aliphatic hydroxyl groups is 1. The summed E-state index contributed by atoms with van der Waals surface area (Å²) in [6, 6.07) is 0.0705. The quantitative estimate of drug-likeness (QED) is 0.567. The van der Waals surface area contributed by atoms with Crippen LogP contribution in [0.3, 0.4) is 0 Å². The molecule has 4 nitrogen and oxygen atoms in total. The largest absolute Gasteiger partial charge is 0.480 e. The molecule has 0 aliphatic carbocycles. The number of hydrogen-bond acceptors (Lipinski definition) is 3. The molecule has 0 aromatic heterocycles. The molecule has 68 valence electrons. The number of likely N-dealkylation sites (N-methyl/N-ethyl adjacent to an activating group) is 1. The van der Waals surface area contributed by atoms with Crippen molar-refractivity contribution < 1.29 is 15.0 Å². The molecular formula is C8H13NO3. The second-order valence-corrected chi connectivity index (χ2v) is 3.83. The van der Waals surface area contributed by atoms with Crippen molar-refractivity contribution in [2.75, 3.05) is 7.05 Å². The lowest BCUT2D eigenvalue weighted by molar-refractivity contribution is -0.148. The highest BCUT2D eigenvalue weighted by molar-refractivity contribution is 5.80. The summed E-state index contributed by atoms with van der Waals surface area (Å²) >= 11 is 0. The topological polar surface area (TPSA) is 60.8 Å². The van der Waals surface area contributed by atoms with Crippen LogP contribution < -0.4 is 0 Å². The molecule has 2 aliphatic rings. The molecule has 0 unspecified atom stereocenters. The highest BCUT2D eigenvalue weighted by atomic mass is 16.4. The van der Waals surface area contributed by atoms with Crippen LogP contribution in [0.4, 0.5) is 0 Å². The number of rotatable bonds is 1. The van der Waals surface area contributed by atoms with Gasteiger partial charge in [0.1, 0.15) is 5.54 Å². The predicted molar refractivity (Wildman–Crippen MR) is 41.8 cm³/mol. The molecular weight excluding hydrogens is 158 g/mol. The van der Waals surface area contributed by atoms with Crippen molar-refractivity contribution in [2.24, 2.45) is 0 Å². The monoisotopic (exact) mass is 171 g/mol. The van der Waals surface area contributed by atoms with E-state index >= 15 is 0 Å². The lowest BCUT2D eigenvalue weighted by atomic mass is 9.86. The van der Waals surface area contributed by atoms with Gasteiger partial charge in [-0.3, -0.25) is 9.69 Å². The van der Waals surface area contributed by atoms with Crippen molar-refractivity contribution in [1.29, 1.82) is 0 Å². The number of carboxylic acid groups (broad SMARTS) is 1. The van der Waals surface area contributed by atoms with Crippen LogP contribution in [0.15, 0.2) is 0 Å². The van der Waals surface area contributed by atoms with Crippen LogP contribution in [0.5, 0.6) is 0 Å². The lowest BCUT2D eigenvalue weighted by Gasteiger charge is -2.26. The van der Waals surface area contributed by atoms with Gasteiger partial charge in [-0.2, -0.15) is 0 Å². The van der Waals surface area contributed by atoms with E-state index in [1.54, 1.807) is 7.05 Å². The van der Waals surface area contributed by atoms with Crippen LogP contribution in [0.2, 0.25) is 0 Å². The Morgan fingerprint density at radius 1 is 1.67 bits per heavy atom. The average molecular weight is 171 g/mol. The van der Waals surface area contributed by atoms with E-state index in [2.05, 4.69) is 0 Å². The van der Waals surface area contributed by atoms with Gasteiger partial charge in [0, 0.05) is 12.5 Å². The Balaban J connectivity index is 2.33. The third kappa shape index (κ3) is 0.716. The molecule has 12 heavy (non-hydrogen) atoms. The fourth-order valence-corrected chi connectivity index (χ4v) is 2.60. The van der Waals surface area contributed by atoms with Gasteiger partial charge in [-0.15, -0.1) is 0 Å². The van der Waals surface area contributed by atoms with Gasteiger partial charge in [0.25, 0.3) is 0 Å². The molecule has 0 spiro atoms. The van der Waals surface area contributed by atoms with E-state index in [1.807, 2.05) is 4.90 Å². The molecule has 2 heterocycles. The minimum absolute atomic E-state index is 0.0705. The van der Waals surface area contributed by atoms with E-state index in [9.17, 15) is 9.90 Å². The van der Waals surface area contributed by atoms with E-state index in [-0.39, 0.29) is 6.04 Å². The number of aliphatic carboxylic acids is 1. The molecule has 0 aromatic rings. The van der Waals surface area contributed by atoms with Crippen molar-refractivity contribution in [3.63, 3.8) is 0 Å². The fraction of sp³-hybridized carbons (Fsp3) is 0.875. The van der Waals surface area contributed by atoms with Crippen molar-refractivity contribution in [2.45, 2.75) is 36.9 Å². The zero-order chi connectivity index (χ0) is 8.93. The Bertz CT molecular complexity index is 230. The summed E-state index contributed by atoms with van der Waals surface area (Å²) in [7, 11) is 1.79. The van der Waals surface area contributed by atoms with Gasteiger partial charge in [0.15, 0.2) is 0 Å². The van der Waals surface area contributed by atoms with Gasteiger partial charge in [-0.05, 0) is 19.9 Å². The van der Waals surface area contributed by atoms with Crippen LogP contribution >= 0.6 is 0 Å². The van der Waals surface area contributed by atoms with Crippen LogP contribution in [-0.2, 0) is 4.79 Å². The first-order chi connectivity index (χ1) is 5.58. The number of aliphatic hydroxyl groups excluding tert-OH is 1. The summed E-state index contributed by atoms with van der Waals surface area (Å²) in [5.74, 6) is -0.788. The first-order valence-electron chi connectivity index (χ1n) is 4.22. The molecule has 4 heteroatoms. The van der Waals surface area contributed by atoms with Crippen molar-refractivity contribution in [3.05, 3.63) is 0 Å². The van der Waals surface area contributed by atoms with E-state index in [1.165, 1.54) is 0 Å². The molecule has 2 N–H and O–H groups in total. The third-order valence-corrected chi connectivity index (χ3v) is 3.42. The van der Waals surface area contributed by atoms with E-state index in [0.717, 1.165) is 6.42 Å². The minimum Gasteiger partial charge on any atom is -0.480 e. The standard InChI is InChI=1S/C8H13NO3/c1-9-5-2-3-8(9,7(11)12)4-6(5)10/h5-6,10H,2-4H2,1H3,(H,11,12)/t5-,6+,8+/m0/s1. The van der Waals surface area contributed by atoms with Gasteiger partial charge < -0.3 is 10.2 Å². The Morgan fingerprint density at radius 3 is 2.58 bits per heavy atom. The van der Waals surface area contributed by atoms with Gasteiger partial charge in [0.05, 0.1) is 6.10 Å². The van der Waals surface area contributed by atoms with Crippen LogP contribution in [0, 0.1) is 0 Å². The lowest BCUT2D eigenvalue weighted by Crippen LogP contribution is -2.45. The van der Waals surface area contributed by atoms with E-state index in [0.29, 0.717) is 12.8 Å². The number of carboxylic acids is 1. The normalized spacial score (nSPS) is 46.8. The highest BCUT2D eigenvalue weighted by Gasteiger charge is 2.58. The molecule has 3 atom stereocenters.